The molecule has 8 heteroatoms. The van der Waals surface area contributed by atoms with Crippen LogP contribution in [0.2, 0.25) is 0 Å². The highest BCUT2D eigenvalue weighted by Gasteiger charge is 2.26. The van der Waals surface area contributed by atoms with Crippen LogP contribution in [0.5, 0.6) is 0 Å². The van der Waals surface area contributed by atoms with Gasteiger partial charge in [0, 0.05) is 24.5 Å². The molecule has 0 N–H and O–H groups in total. The van der Waals surface area contributed by atoms with Gasteiger partial charge < -0.3 is 9.64 Å². The van der Waals surface area contributed by atoms with Gasteiger partial charge in [0.25, 0.3) is 5.56 Å². The molecule has 0 radical (unpaired) electrons. The van der Waals surface area contributed by atoms with E-state index in [1.807, 2.05) is 32.6 Å². The van der Waals surface area contributed by atoms with Crippen LogP contribution in [0.25, 0.3) is 10.2 Å². The molecule has 2 aromatic rings. The molecule has 0 aliphatic carbocycles. The van der Waals surface area contributed by atoms with Gasteiger partial charge in [-0.1, -0.05) is 17.8 Å². The lowest BCUT2D eigenvalue weighted by Crippen LogP contribution is -2.48. The summed E-state index contributed by atoms with van der Waals surface area (Å²) in [5, 5.41) is 1.24. The fourth-order valence-electron chi connectivity index (χ4n) is 3.31. The smallest absolute Gasteiger partial charge is 0.263 e. The number of aryl methyl sites for hydroxylation is 2. The third-order valence-electron chi connectivity index (χ3n) is 4.66. The van der Waals surface area contributed by atoms with Crippen LogP contribution in [0.15, 0.2) is 22.6 Å². The van der Waals surface area contributed by atoms with Crippen LogP contribution >= 0.6 is 23.1 Å². The zero-order valence-corrected chi connectivity index (χ0v) is 17.8. The number of carbonyl (C=O) groups is 1. The SMILES string of the molecule is C=CCn1c(SCC(=O)N2C[C@@H](C)O[C@H](C)C2)nc2sc(C)c(C)c2c1=O. The van der Waals surface area contributed by atoms with Gasteiger partial charge in [0.05, 0.1) is 23.3 Å². The number of thiophene rings is 1. The monoisotopic (exact) mass is 407 g/mol. The third kappa shape index (κ3) is 4.12. The molecule has 1 aliphatic heterocycles. The summed E-state index contributed by atoms with van der Waals surface area (Å²) in [7, 11) is 0. The second-order valence-corrected chi connectivity index (χ2v) is 9.05. The van der Waals surface area contributed by atoms with Gasteiger partial charge in [-0.2, -0.15) is 0 Å². The van der Waals surface area contributed by atoms with E-state index in [9.17, 15) is 9.59 Å². The van der Waals surface area contributed by atoms with Crippen molar-refractivity contribution in [1.29, 1.82) is 0 Å². The van der Waals surface area contributed by atoms with Crippen molar-refractivity contribution >= 4 is 39.2 Å². The number of rotatable bonds is 5. The second kappa shape index (κ2) is 8.16. The highest BCUT2D eigenvalue weighted by atomic mass is 32.2. The molecular formula is C19H25N3O3S2. The summed E-state index contributed by atoms with van der Waals surface area (Å²) >= 11 is 2.84. The van der Waals surface area contributed by atoms with Crippen molar-refractivity contribution < 1.29 is 9.53 Å². The molecule has 2 aromatic heterocycles. The van der Waals surface area contributed by atoms with E-state index in [1.165, 1.54) is 23.1 Å². The lowest BCUT2D eigenvalue weighted by Gasteiger charge is -2.35. The maximum atomic E-state index is 13.0. The predicted molar refractivity (Wildman–Crippen MR) is 111 cm³/mol. The van der Waals surface area contributed by atoms with Crippen molar-refractivity contribution in [3.8, 4) is 0 Å². The fourth-order valence-corrected chi connectivity index (χ4v) is 5.29. The number of carbonyl (C=O) groups excluding carboxylic acids is 1. The third-order valence-corrected chi connectivity index (χ3v) is 6.72. The van der Waals surface area contributed by atoms with Crippen molar-refractivity contribution in [3.63, 3.8) is 0 Å². The van der Waals surface area contributed by atoms with E-state index in [4.69, 9.17) is 4.74 Å². The Balaban J connectivity index is 1.85. The van der Waals surface area contributed by atoms with Crippen LogP contribution in [-0.2, 0) is 16.1 Å². The maximum Gasteiger partial charge on any atom is 0.263 e. The number of amides is 1. The largest absolute Gasteiger partial charge is 0.372 e. The average molecular weight is 408 g/mol. The molecule has 0 bridgehead atoms. The van der Waals surface area contributed by atoms with Crippen LogP contribution in [0.1, 0.15) is 24.3 Å². The van der Waals surface area contributed by atoms with E-state index >= 15 is 0 Å². The van der Waals surface area contributed by atoms with Gasteiger partial charge in [0.2, 0.25) is 5.91 Å². The molecule has 0 unspecified atom stereocenters. The summed E-state index contributed by atoms with van der Waals surface area (Å²) in [4.78, 5) is 34.0. The van der Waals surface area contributed by atoms with Crippen LogP contribution in [0.3, 0.4) is 0 Å². The molecule has 6 nitrogen and oxygen atoms in total. The number of hydrogen-bond acceptors (Lipinski definition) is 6. The minimum absolute atomic E-state index is 0.0354. The van der Waals surface area contributed by atoms with E-state index in [2.05, 4.69) is 11.6 Å². The number of fused-ring (bicyclic) bond motifs is 1. The van der Waals surface area contributed by atoms with Crippen molar-refractivity contribution in [1.82, 2.24) is 14.5 Å². The molecule has 3 rings (SSSR count). The van der Waals surface area contributed by atoms with E-state index in [-0.39, 0.29) is 29.4 Å². The number of aromatic nitrogens is 2. The topological polar surface area (TPSA) is 64.4 Å². The molecule has 27 heavy (non-hydrogen) atoms. The van der Waals surface area contributed by atoms with Crippen LogP contribution in [0.4, 0.5) is 0 Å². The van der Waals surface area contributed by atoms with Crippen LogP contribution in [-0.4, -0.2) is 51.4 Å². The molecule has 0 saturated carbocycles. The van der Waals surface area contributed by atoms with Gasteiger partial charge in [-0.05, 0) is 33.3 Å². The van der Waals surface area contributed by atoms with Crippen molar-refractivity contribution in [3.05, 3.63) is 33.4 Å². The Hall–Kier alpha value is -1.64. The molecule has 2 atom stereocenters. The van der Waals surface area contributed by atoms with Crippen LogP contribution in [0, 0.1) is 13.8 Å². The van der Waals surface area contributed by atoms with E-state index in [0.29, 0.717) is 30.2 Å². The number of ether oxygens (including phenoxy) is 1. The Bertz CT molecular complexity index is 924. The van der Waals surface area contributed by atoms with E-state index < -0.39 is 0 Å². The molecule has 0 aromatic carbocycles. The standard InChI is InChI=1S/C19H25N3O3S2/c1-6-7-22-18(24)16-13(4)14(5)27-17(16)20-19(22)26-10-15(23)21-8-11(2)25-12(3)9-21/h6,11-12H,1,7-10H2,2-5H3/t11-,12-/m1/s1. The molecular weight excluding hydrogens is 382 g/mol. The lowest BCUT2D eigenvalue weighted by molar-refractivity contribution is -0.140. The highest BCUT2D eigenvalue weighted by molar-refractivity contribution is 7.99. The van der Waals surface area contributed by atoms with Gasteiger partial charge >= 0.3 is 0 Å². The van der Waals surface area contributed by atoms with E-state index in [0.717, 1.165) is 15.3 Å². The molecule has 146 valence electrons. The predicted octanol–water partition coefficient (Wildman–Crippen LogP) is 2.99. The van der Waals surface area contributed by atoms with Gasteiger partial charge in [-0.25, -0.2) is 4.98 Å². The lowest BCUT2D eigenvalue weighted by atomic mass is 10.2. The Morgan fingerprint density at radius 1 is 1.37 bits per heavy atom. The molecule has 1 saturated heterocycles. The minimum Gasteiger partial charge on any atom is -0.372 e. The Morgan fingerprint density at radius 3 is 2.67 bits per heavy atom. The number of morpholine rings is 1. The molecule has 0 spiro atoms. The fraction of sp³-hybridized carbons (Fsp3) is 0.526. The molecule has 3 heterocycles. The average Bonchev–Trinajstić information content (AvgIpc) is 2.89. The first kappa shape index (κ1) is 20.1. The minimum atomic E-state index is -0.0645. The first-order valence-electron chi connectivity index (χ1n) is 8.99. The summed E-state index contributed by atoms with van der Waals surface area (Å²) in [6.07, 6.45) is 1.75. The molecule has 1 aliphatic rings. The number of nitrogens with zero attached hydrogens (tertiary/aromatic N) is 3. The number of thioether (sulfide) groups is 1. The van der Waals surface area contributed by atoms with Crippen LogP contribution < -0.4 is 5.56 Å². The van der Waals surface area contributed by atoms with Crippen molar-refractivity contribution in [2.75, 3.05) is 18.8 Å². The summed E-state index contributed by atoms with van der Waals surface area (Å²) in [5.74, 6) is 0.290. The summed E-state index contributed by atoms with van der Waals surface area (Å²) in [6, 6.07) is 0. The zero-order valence-electron chi connectivity index (χ0n) is 16.2. The van der Waals surface area contributed by atoms with Crippen molar-refractivity contribution in [2.45, 2.75) is 51.6 Å². The summed E-state index contributed by atoms with van der Waals surface area (Å²) in [6.45, 7) is 13.2. The van der Waals surface area contributed by atoms with E-state index in [1.54, 1.807) is 10.6 Å². The highest BCUT2D eigenvalue weighted by Crippen LogP contribution is 2.28. The second-order valence-electron chi connectivity index (χ2n) is 6.91. The van der Waals surface area contributed by atoms with Gasteiger partial charge in [0.1, 0.15) is 4.83 Å². The van der Waals surface area contributed by atoms with Gasteiger partial charge in [0.15, 0.2) is 5.16 Å². The van der Waals surface area contributed by atoms with Gasteiger partial charge in [-0.15, -0.1) is 17.9 Å². The number of hydrogen-bond donors (Lipinski definition) is 0. The first-order chi connectivity index (χ1) is 12.8. The zero-order chi connectivity index (χ0) is 19.7. The molecule has 1 amide bonds. The Kier molecular flexibility index (Phi) is 6.08. The van der Waals surface area contributed by atoms with Crippen molar-refractivity contribution in [2.24, 2.45) is 0 Å². The summed E-state index contributed by atoms with van der Waals surface area (Å²) < 4.78 is 7.30. The number of allylic oxidation sites excluding steroid dienone is 1. The quantitative estimate of drug-likeness (QED) is 0.433. The summed E-state index contributed by atoms with van der Waals surface area (Å²) in [5.41, 5.74) is 0.916. The van der Waals surface area contributed by atoms with Gasteiger partial charge in [-0.3, -0.25) is 14.2 Å². The molecule has 1 fully saturated rings. The maximum absolute atomic E-state index is 13.0. The Morgan fingerprint density at radius 2 is 2.04 bits per heavy atom. The normalized spacial score (nSPS) is 20.2. The first-order valence-corrected chi connectivity index (χ1v) is 10.8. The Labute approximate surface area is 167 Å².